The van der Waals surface area contributed by atoms with Crippen molar-refractivity contribution >= 4 is 29.2 Å². The first-order valence-corrected chi connectivity index (χ1v) is 7.74. The normalized spacial score (nSPS) is 26.5. The fourth-order valence-electron chi connectivity index (χ4n) is 1.47. The zero-order chi connectivity index (χ0) is 10.9. The second-order valence-electron chi connectivity index (χ2n) is 3.76. The first kappa shape index (κ1) is 13.2. The van der Waals surface area contributed by atoms with Crippen LogP contribution in [0.5, 0.6) is 0 Å². The van der Waals surface area contributed by atoms with Crippen molar-refractivity contribution in [1.29, 1.82) is 0 Å². The zero-order valence-electron chi connectivity index (χ0n) is 9.02. The monoisotopic (exact) mass is 248 g/mol. The Kier molecular flexibility index (Phi) is 7.30. The SMILES string of the molecule is NC1CCCSC1.ON=C1CCSCC1. The number of thioether (sulfide) groups is 2. The lowest BCUT2D eigenvalue weighted by molar-refractivity contribution is 0.316. The second kappa shape index (κ2) is 8.30. The summed E-state index contributed by atoms with van der Waals surface area (Å²) in [6.07, 6.45) is 4.52. The highest BCUT2D eigenvalue weighted by atomic mass is 32.2. The van der Waals surface area contributed by atoms with E-state index in [4.69, 9.17) is 10.9 Å². The van der Waals surface area contributed by atoms with E-state index in [2.05, 4.69) is 5.16 Å². The van der Waals surface area contributed by atoms with Crippen molar-refractivity contribution in [3.8, 4) is 0 Å². The minimum absolute atomic E-state index is 0.499. The topological polar surface area (TPSA) is 58.6 Å². The highest BCUT2D eigenvalue weighted by Crippen LogP contribution is 2.14. The van der Waals surface area contributed by atoms with Crippen LogP contribution in [0.25, 0.3) is 0 Å². The summed E-state index contributed by atoms with van der Waals surface area (Å²) < 4.78 is 0. The van der Waals surface area contributed by atoms with E-state index in [0.29, 0.717) is 6.04 Å². The molecule has 3 N–H and O–H groups in total. The molecule has 1 atom stereocenters. The van der Waals surface area contributed by atoms with Gasteiger partial charge in [-0.25, -0.2) is 0 Å². The largest absolute Gasteiger partial charge is 0.411 e. The van der Waals surface area contributed by atoms with Crippen molar-refractivity contribution in [3.63, 3.8) is 0 Å². The van der Waals surface area contributed by atoms with Crippen LogP contribution in [0.4, 0.5) is 0 Å². The number of rotatable bonds is 0. The quantitative estimate of drug-likeness (QED) is 0.509. The Bertz CT molecular complexity index is 186. The standard InChI is InChI=1S/C5H9NOS.C5H11NS/c7-6-5-1-3-8-4-2-5;6-5-2-1-3-7-4-5/h7H,1-4H2;5H,1-4,6H2. The van der Waals surface area contributed by atoms with E-state index in [1.54, 1.807) is 0 Å². The van der Waals surface area contributed by atoms with Gasteiger partial charge in [-0.05, 0) is 42.9 Å². The van der Waals surface area contributed by atoms with Gasteiger partial charge >= 0.3 is 0 Å². The van der Waals surface area contributed by atoms with Crippen LogP contribution < -0.4 is 5.73 Å². The van der Waals surface area contributed by atoms with Crippen LogP contribution in [-0.4, -0.2) is 40.0 Å². The molecule has 0 amide bonds. The minimum atomic E-state index is 0.499. The lowest BCUT2D eigenvalue weighted by Gasteiger charge is -2.15. The van der Waals surface area contributed by atoms with Gasteiger partial charge in [0, 0.05) is 11.8 Å². The molecular formula is C10H20N2OS2. The number of nitrogens with two attached hydrogens (primary N) is 1. The van der Waals surface area contributed by atoms with Gasteiger partial charge in [-0.1, -0.05) is 5.16 Å². The first-order chi connectivity index (χ1) is 7.33. The fraction of sp³-hybridized carbons (Fsp3) is 0.900. The maximum absolute atomic E-state index is 8.27. The predicted molar refractivity (Wildman–Crippen MR) is 70.3 cm³/mol. The Morgan fingerprint density at radius 1 is 1.20 bits per heavy atom. The second-order valence-corrected chi connectivity index (χ2v) is 6.13. The summed E-state index contributed by atoms with van der Waals surface area (Å²) in [5.74, 6) is 4.76. The maximum Gasteiger partial charge on any atom is 0.0587 e. The number of hydrogen-bond acceptors (Lipinski definition) is 5. The van der Waals surface area contributed by atoms with Crippen molar-refractivity contribution in [2.45, 2.75) is 31.7 Å². The molecule has 15 heavy (non-hydrogen) atoms. The third kappa shape index (κ3) is 6.33. The highest BCUT2D eigenvalue weighted by Gasteiger charge is 2.06. The average Bonchev–Trinajstić information content (AvgIpc) is 2.32. The molecule has 0 aromatic rings. The highest BCUT2D eigenvalue weighted by molar-refractivity contribution is 7.99. The molecule has 3 nitrogen and oxygen atoms in total. The van der Waals surface area contributed by atoms with Gasteiger partial charge in [0.1, 0.15) is 0 Å². The van der Waals surface area contributed by atoms with E-state index in [0.717, 1.165) is 30.1 Å². The third-order valence-electron chi connectivity index (χ3n) is 2.41. The van der Waals surface area contributed by atoms with Crippen LogP contribution in [0.2, 0.25) is 0 Å². The van der Waals surface area contributed by atoms with E-state index >= 15 is 0 Å². The van der Waals surface area contributed by atoms with E-state index < -0.39 is 0 Å². The molecule has 2 heterocycles. The van der Waals surface area contributed by atoms with E-state index in [1.165, 1.54) is 24.3 Å². The van der Waals surface area contributed by atoms with Crippen LogP contribution >= 0.6 is 23.5 Å². The minimum Gasteiger partial charge on any atom is -0.411 e. The van der Waals surface area contributed by atoms with E-state index in [-0.39, 0.29) is 0 Å². The number of oxime groups is 1. The van der Waals surface area contributed by atoms with Gasteiger partial charge in [-0.3, -0.25) is 0 Å². The molecule has 2 rings (SSSR count). The van der Waals surface area contributed by atoms with Gasteiger partial charge < -0.3 is 10.9 Å². The molecule has 0 bridgehead atoms. The number of hydrogen-bond donors (Lipinski definition) is 2. The molecule has 0 aromatic heterocycles. The summed E-state index contributed by atoms with van der Waals surface area (Å²) in [5.41, 5.74) is 6.58. The Balaban J connectivity index is 0.000000151. The molecule has 2 aliphatic heterocycles. The molecule has 2 fully saturated rings. The smallest absolute Gasteiger partial charge is 0.0587 e. The Hall–Kier alpha value is 0.130. The Morgan fingerprint density at radius 2 is 1.93 bits per heavy atom. The molecule has 5 heteroatoms. The van der Waals surface area contributed by atoms with E-state index in [1.807, 2.05) is 23.5 Å². The summed E-state index contributed by atoms with van der Waals surface area (Å²) in [7, 11) is 0. The van der Waals surface area contributed by atoms with Gasteiger partial charge in [0.05, 0.1) is 5.71 Å². The van der Waals surface area contributed by atoms with Crippen LogP contribution in [0.1, 0.15) is 25.7 Å². The fourth-order valence-corrected chi connectivity index (χ4v) is 3.44. The molecule has 0 aliphatic carbocycles. The van der Waals surface area contributed by atoms with Crippen LogP contribution in [0.15, 0.2) is 5.16 Å². The molecular weight excluding hydrogens is 228 g/mol. The molecule has 1 unspecified atom stereocenters. The molecule has 0 saturated carbocycles. The summed E-state index contributed by atoms with van der Waals surface area (Å²) >= 11 is 3.90. The predicted octanol–water partition coefficient (Wildman–Crippen LogP) is 2.18. The van der Waals surface area contributed by atoms with Gasteiger partial charge in [0.25, 0.3) is 0 Å². The van der Waals surface area contributed by atoms with Crippen molar-refractivity contribution in [2.24, 2.45) is 10.9 Å². The van der Waals surface area contributed by atoms with Crippen molar-refractivity contribution in [2.75, 3.05) is 23.0 Å². The molecule has 2 aliphatic rings. The van der Waals surface area contributed by atoms with Gasteiger partial charge in [0.15, 0.2) is 0 Å². The van der Waals surface area contributed by atoms with Gasteiger partial charge in [-0.2, -0.15) is 23.5 Å². The molecule has 0 spiro atoms. The van der Waals surface area contributed by atoms with E-state index in [9.17, 15) is 0 Å². The summed E-state index contributed by atoms with van der Waals surface area (Å²) in [4.78, 5) is 0. The molecule has 88 valence electrons. The van der Waals surface area contributed by atoms with Crippen LogP contribution in [0.3, 0.4) is 0 Å². The Morgan fingerprint density at radius 3 is 2.27 bits per heavy atom. The molecule has 0 radical (unpaired) electrons. The molecule has 2 saturated heterocycles. The first-order valence-electron chi connectivity index (χ1n) is 5.44. The van der Waals surface area contributed by atoms with Crippen molar-refractivity contribution in [1.82, 2.24) is 0 Å². The van der Waals surface area contributed by atoms with Crippen LogP contribution in [0, 0.1) is 0 Å². The summed E-state index contributed by atoms with van der Waals surface area (Å²) in [5, 5.41) is 11.4. The Labute approximate surface area is 100 Å². The summed E-state index contributed by atoms with van der Waals surface area (Å²) in [6.45, 7) is 0. The number of nitrogens with zero attached hydrogens (tertiary/aromatic N) is 1. The summed E-state index contributed by atoms with van der Waals surface area (Å²) in [6, 6.07) is 0.499. The van der Waals surface area contributed by atoms with Crippen molar-refractivity contribution < 1.29 is 5.21 Å². The zero-order valence-corrected chi connectivity index (χ0v) is 10.7. The van der Waals surface area contributed by atoms with Crippen LogP contribution in [-0.2, 0) is 0 Å². The van der Waals surface area contributed by atoms with Gasteiger partial charge in [-0.15, -0.1) is 0 Å². The third-order valence-corrected chi connectivity index (χ3v) is 4.63. The lowest BCUT2D eigenvalue weighted by atomic mass is 10.2. The van der Waals surface area contributed by atoms with Gasteiger partial charge in [0.2, 0.25) is 0 Å². The maximum atomic E-state index is 8.27. The lowest BCUT2D eigenvalue weighted by Crippen LogP contribution is -2.25. The molecule has 0 aromatic carbocycles. The average molecular weight is 248 g/mol. The van der Waals surface area contributed by atoms with Crippen molar-refractivity contribution in [3.05, 3.63) is 0 Å².